The number of carbonyl (C=O) groups excluding carboxylic acids is 1. The van der Waals surface area contributed by atoms with Crippen LogP contribution in [0.1, 0.15) is 6.92 Å². The van der Waals surface area contributed by atoms with Gasteiger partial charge >= 0.3 is 0 Å². The van der Waals surface area contributed by atoms with E-state index in [9.17, 15) is 4.79 Å². The summed E-state index contributed by atoms with van der Waals surface area (Å²) in [5.74, 6) is -0.192. The first-order valence-electron chi connectivity index (χ1n) is 4.58. The minimum Gasteiger partial charge on any atom is -0.323 e. The molecule has 0 aliphatic heterocycles. The fourth-order valence-electron chi connectivity index (χ4n) is 0.990. The van der Waals surface area contributed by atoms with Crippen LogP contribution in [0.4, 0.5) is 5.69 Å². The normalized spacial score (nSPS) is 12.3. The number of rotatable bonds is 3. The number of nitrogens with one attached hydrogen (secondary N) is 2. The monoisotopic (exact) mass is 280 g/mol. The van der Waals surface area contributed by atoms with E-state index < -0.39 is 0 Å². The highest BCUT2D eigenvalue weighted by Crippen LogP contribution is 2.32. The van der Waals surface area contributed by atoms with Gasteiger partial charge in [-0.1, -0.05) is 34.8 Å². The first-order chi connectivity index (χ1) is 7.45. The Labute approximate surface area is 109 Å². The third kappa shape index (κ3) is 3.25. The SMILES string of the molecule is CNC(C)C(=O)Nc1cc(Cl)c(Cl)cc1Cl. The van der Waals surface area contributed by atoms with E-state index in [-0.39, 0.29) is 11.9 Å². The number of amides is 1. The molecule has 0 spiro atoms. The molecule has 0 aliphatic rings. The van der Waals surface area contributed by atoms with E-state index in [1.54, 1.807) is 14.0 Å². The molecule has 1 aromatic rings. The molecule has 0 bridgehead atoms. The summed E-state index contributed by atoms with van der Waals surface area (Å²) >= 11 is 17.5. The Kier molecular flexibility index (Phi) is 4.87. The maximum Gasteiger partial charge on any atom is 0.241 e. The Morgan fingerprint density at radius 2 is 1.75 bits per heavy atom. The minimum atomic E-state index is -0.314. The Morgan fingerprint density at radius 3 is 2.31 bits per heavy atom. The van der Waals surface area contributed by atoms with Gasteiger partial charge in [0.05, 0.1) is 26.8 Å². The number of hydrogen-bond acceptors (Lipinski definition) is 2. The van der Waals surface area contributed by atoms with Crippen molar-refractivity contribution in [1.29, 1.82) is 0 Å². The summed E-state index contributed by atoms with van der Waals surface area (Å²) in [6, 6.07) is 2.70. The van der Waals surface area contributed by atoms with Crippen LogP contribution < -0.4 is 10.6 Å². The summed E-state index contributed by atoms with van der Waals surface area (Å²) in [5, 5.41) is 6.52. The molecule has 1 unspecified atom stereocenters. The van der Waals surface area contributed by atoms with Gasteiger partial charge in [-0.2, -0.15) is 0 Å². The van der Waals surface area contributed by atoms with E-state index in [2.05, 4.69) is 10.6 Å². The molecule has 6 heteroatoms. The van der Waals surface area contributed by atoms with E-state index in [1.807, 2.05) is 0 Å². The lowest BCUT2D eigenvalue weighted by atomic mass is 10.2. The molecule has 0 aliphatic carbocycles. The number of carbonyl (C=O) groups is 1. The smallest absolute Gasteiger partial charge is 0.241 e. The summed E-state index contributed by atoms with van der Waals surface area (Å²) < 4.78 is 0. The molecule has 1 aromatic carbocycles. The van der Waals surface area contributed by atoms with Crippen LogP contribution in [0.5, 0.6) is 0 Å². The predicted octanol–water partition coefficient (Wildman–Crippen LogP) is 3.19. The van der Waals surface area contributed by atoms with Crippen molar-refractivity contribution in [3.8, 4) is 0 Å². The molecular weight excluding hydrogens is 270 g/mol. The van der Waals surface area contributed by atoms with Gasteiger partial charge in [0.15, 0.2) is 0 Å². The third-order valence-corrected chi connectivity index (χ3v) is 3.13. The van der Waals surface area contributed by atoms with Crippen LogP contribution in [-0.2, 0) is 4.79 Å². The Balaban J connectivity index is 2.90. The van der Waals surface area contributed by atoms with Gasteiger partial charge in [0.25, 0.3) is 0 Å². The lowest BCUT2D eigenvalue weighted by Crippen LogP contribution is -2.35. The van der Waals surface area contributed by atoms with Crippen molar-refractivity contribution in [1.82, 2.24) is 5.32 Å². The van der Waals surface area contributed by atoms with Crippen molar-refractivity contribution in [2.45, 2.75) is 13.0 Å². The highest BCUT2D eigenvalue weighted by Gasteiger charge is 2.13. The van der Waals surface area contributed by atoms with Gasteiger partial charge in [0.2, 0.25) is 5.91 Å². The van der Waals surface area contributed by atoms with Gasteiger partial charge in [0, 0.05) is 0 Å². The summed E-state index contributed by atoms with van der Waals surface area (Å²) in [4.78, 5) is 11.6. The molecule has 3 nitrogen and oxygen atoms in total. The number of halogens is 3. The first-order valence-corrected chi connectivity index (χ1v) is 5.71. The van der Waals surface area contributed by atoms with Gasteiger partial charge in [-0.05, 0) is 26.1 Å². The summed E-state index contributed by atoms with van der Waals surface area (Å²) in [7, 11) is 1.70. The average molecular weight is 282 g/mol. The molecule has 0 saturated carbocycles. The first kappa shape index (κ1) is 13.6. The van der Waals surface area contributed by atoms with Gasteiger partial charge in [-0.25, -0.2) is 0 Å². The van der Waals surface area contributed by atoms with Gasteiger partial charge < -0.3 is 10.6 Å². The number of hydrogen-bond donors (Lipinski definition) is 2. The summed E-state index contributed by atoms with van der Waals surface area (Å²) in [5.41, 5.74) is 0.447. The molecule has 0 radical (unpaired) electrons. The van der Waals surface area contributed by atoms with Crippen molar-refractivity contribution >= 4 is 46.4 Å². The van der Waals surface area contributed by atoms with Crippen molar-refractivity contribution in [3.05, 3.63) is 27.2 Å². The summed E-state index contributed by atoms with van der Waals surface area (Å²) in [6.07, 6.45) is 0. The van der Waals surface area contributed by atoms with Crippen LogP contribution in [0, 0.1) is 0 Å². The van der Waals surface area contributed by atoms with Crippen LogP contribution in [0.25, 0.3) is 0 Å². The Morgan fingerprint density at radius 1 is 1.19 bits per heavy atom. The lowest BCUT2D eigenvalue weighted by Gasteiger charge is -2.12. The second-order valence-electron chi connectivity index (χ2n) is 3.25. The molecule has 0 saturated heterocycles. The fraction of sp³-hybridized carbons (Fsp3) is 0.300. The molecule has 88 valence electrons. The molecule has 2 N–H and O–H groups in total. The zero-order valence-corrected chi connectivity index (χ0v) is 11.0. The standard InChI is InChI=1S/C10H11Cl3N2O/c1-5(14-2)10(16)15-9-4-7(12)6(11)3-8(9)13/h3-5,14H,1-2H3,(H,15,16). The quantitative estimate of drug-likeness (QED) is 0.836. The summed E-state index contributed by atoms with van der Waals surface area (Å²) in [6.45, 7) is 1.74. The van der Waals surface area contributed by atoms with Crippen LogP contribution >= 0.6 is 34.8 Å². The molecule has 0 aromatic heterocycles. The third-order valence-electron chi connectivity index (χ3n) is 2.09. The molecular formula is C10H11Cl3N2O. The van der Waals surface area contributed by atoms with Crippen molar-refractivity contribution in [2.75, 3.05) is 12.4 Å². The molecule has 1 rings (SSSR count). The number of benzene rings is 1. The Hall–Kier alpha value is -0.480. The van der Waals surface area contributed by atoms with Crippen LogP contribution in [0.15, 0.2) is 12.1 Å². The van der Waals surface area contributed by atoms with Crippen LogP contribution in [0.3, 0.4) is 0 Å². The fourth-order valence-corrected chi connectivity index (χ4v) is 1.58. The van der Waals surface area contributed by atoms with Gasteiger partial charge in [-0.3, -0.25) is 4.79 Å². The van der Waals surface area contributed by atoms with Gasteiger partial charge in [0.1, 0.15) is 0 Å². The zero-order valence-electron chi connectivity index (χ0n) is 8.77. The number of likely N-dealkylation sites (N-methyl/N-ethyl adjacent to an activating group) is 1. The maximum absolute atomic E-state index is 11.6. The second-order valence-corrected chi connectivity index (χ2v) is 4.47. The highest BCUT2D eigenvalue weighted by molar-refractivity contribution is 6.44. The Bertz CT molecular complexity index is 409. The average Bonchev–Trinajstić information content (AvgIpc) is 2.24. The number of anilines is 1. The van der Waals surface area contributed by atoms with E-state index in [0.29, 0.717) is 20.8 Å². The van der Waals surface area contributed by atoms with Crippen molar-refractivity contribution in [2.24, 2.45) is 0 Å². The van der Waals surface area contributed by atoms with E-state index in [0.717, 1.165) is 0 Å². The zero-order chi connectivity index (χ0) is 12.3. The van der Waals surface area contributed by atoms with E-state index >= 15 is 0 Å². The highest BCUT2D eigenvalue weighted by atomic mass is 35.5. The van der Waals surface area contributed by atoms with Crippen LogP contribution in [0.2, 0.25) is 15.1 Å². The molecule has 0 heterocycles. The lowest BCUT2D eigenvalue weighted by molar-refractivity contribution is -0.117. The second kappa shape index (κ2) is 5.73. The molecule has 1 amide bonds. The molecule has 0 fully saturated rings. The maximum atomic E-state index is 11.6. The van der Waals surface area contributed by atoms with Crippen molar-refractivity contribution < 1.29 is 4.79 Å². The largest absolute Gasteiger partial charge is 0.323 e. The molecule has 1 atom stereocenters. The van der Waals surface area contributed by atoms with Gasteiger partial charge in [-0.15, -0.1) is 0 Å². The van der Waals surface area contributed by atoms with E-state index in [1.165, 1.54) is 12.1 Å². The van der Waals surface area contributed by atoms with E-state index in [4.69, 9.17) is 34.8 Å². The minimum absolute atomic E-state index is 0.192. The topological polar surface area (TPSA) is 41.1 Å². The van der Waals surface area contributed by atoms with Crippen molar-refractivity contribution in [3.63, 3.8) is 0 Å². The van der Waals surface area contributed by atoms with Crippen LogP contribution in [-0.4, -0.2) is 19.0 Å². The predicted molar refractivity (Wildman–Crippen MR) is 68.6 cm³/mol. The molecule has 16 heavy (non-hydrogen) atoms.